The van der Waals surface area contributed by atoms with Gasteiger partial charge in [0.15, 0.2) is 0 Å². The van der Waals surface area contributed by atoms with E-state index in [1.54, 1.807) is 6.92 Å². The zero-order chi connectivity index (χ0) is 9.40. The van der Waals surface area contributed by atoms with Gasteiger partial charge in [-0.15, -0.1) is 0 Å². The van der Waals surface area contributed by atoms with Gasteiger partial charge in [0, 0.05) is 13.0 Å². The predicted octanol–water partition coefficient (Wildman–Crippen LogP) is 2.56. The fraction of sp³-hybridized carbons (Fsp3) is 0.900. The lowest BCUT2D eigenvalue weighted by Gasteiger charge is -2.10. The zero-order valence-electron chi connectivity index (χ0n) is 8.43. The van der Waals surface area contributed by atoms with E-state index in [0.717, 1.165) is 25.9 Å². The Kier molecular flexibility index (Phi) is 7.06. The molecule has 0 aliphatic carbocycles. The van der Waals surface area contributed by atoms with Crippen molar-refractivity contribution in [1.82, 2.24) is 0 Å². The summed E-state index contributed by atoms with van der Waals surface area (Å²) in [5, 5.41) is 0. The topological polar surface area (TPSA) is 26.3 Å². The van der Waals surface area contributed by atoms with Crippen molar-refractivity contribution in [3.05, 3.63) is 0 Å². The third kappa shape index (κ3) is 7.73. The molecular weight excluding hydrogens is 152 g/mol. The summed E-state index contributed by atoms with van der Waals surface area (Å²) in [5.74, 6) is 0.252. The molecule has 0 aliphatic rings. The Morgan fingerprint density at radius 2 is 2.17 bits per heavy atom. The number of ether oxygens (including phenoxy) is 1. The largest absolute Gasteiger partial charge is 0.378 e. The summed E-state index contributed by atoms with van der Waals surface area (Å²) in [6, 6.07) is 0. The van der Waals surface area contributed by atoms with Gasteiger partial charge in [-0.2, -0.15) is 0 Å². The Bertz CT molecular complexity index is 121. The second kappa shape index (κ2) is 7.29. The Labute approximate surface area is 75.3 Å². The van der Waals surface area contributed by atoms with Crippen molar-refractivity contribution in [3.8, 4) is 0 Å². The van der Waals surface area contributed by atoms with E-state index in [9.17, 15) is 4.79 Å². The van der Waals surface area contributed by atoms with Crippen LogP contribution in [0, 0.1) is 0 Å². The summed E-state index contributed by atoms with van der Waals surface area (Å²) < 4.78 is 5.48. The number of carbonyl (C=O) groups excluding carboxylic acids is 1. The molecule has 0 fully saturated rings. The van der Waals surface area contributed by atoms with Gasteiger partial charge in [0.25, 0.3) is 0 Å². The molecule has 2 heteroatoms. The van der Waals surface area contributed by atoms with E-state index >= 15 is 0 Å². The van der Waals surface area contributed by atoms with Crippen LogP contribution >= 0.6 is 0 Å². The van der Waals surface area contributed by atoms with Crippen LogP contribution in [0.1, 0.15) is 46.5 Å². The first-order valence-electron chi connectivity index (χ1n) is 4.77. The van der Waals surface area contributed by atoms with E-state index in [1.165, 1.54) is 0 Å². The van der Waals surface area contributed by atoms with Crippen LogP contribution in [0.3, 0.4) is 0 Å². The molecule has 0 aromatic heterocycles. The maximum absolute atomic E-state index is 10.6. The molecule has 2 nitrogen and oxygen atoms in total. The fourth-order valence-electron chi connectivity index (χ4n) is 1.10. The highest BCUT2D eigenvalue weighted by Gasteiger charge is 2.00. The fourth-order valence-corrected chi connectivity index (χ4v) is 1.10. The molecule has 0 bridgehead atoms. The molecular formula is C10H20O2. The van der Waals surface area contributed by atoms with Crippen LogP contribution in [-0.4, -0.2) is 18.5 Å². The minimum absolute atomic E-state index is 0.252. The maximum atomic E-state index is 10.6. The van der Waals surface area contributed by atoms with Gasteiger partial charge in [-0.25, -0.2) is 0 Å². The first-order chi connectivity index (χ1) is 5.66. The third-order valence-electron chi connectivity index (χ3n) is 1.77. The van der Waals surface area contributed by atoms with Gasteiger partial charge >= 0.3 is 0 Å². The average Bonchev–Trinajstić information content (AvgIpc) is 1.98. The van der Waals surface area contributed by atoms with Gasteiger partial charge in [0.1, 0.15) is 5.78 Å². The summed E-state index contributed by atoms with van der Waals surface area (Å²) in [6.45, 7) is 6.57. The van der Waals surface area contributed by atoms with Crippen molar-refractivity contribution in [3.63, 3.8) is 0 Å². The van der Waals surface area contributed by atoms with Crippen molar-refractivity contribution in [2.45, 2.75) is 52.6 Å². The lowest BCUT2D eigenvalue weighted by molar-refractivity contribution is -0.117. The van der Waals surface area contributed by atoms with E-state index in [0.29, 0.717) is 12.5 Å². The number of hydrogen-bond donors (Lipinski definition) is 0. The third-order valence-corrected chi connectivity index (χ3v) is 1.77. The molecule has 72 valence electrons. The van der Waals surface area contributed by atoms with Crippen molar-refractivity contribution in [2.24, 2.45) is 0 Å². The Morgan fingerprint density at radius 3 is 2.67 bits per heavy atom. The number of rotatable bonds is 7. The van der Waals surface area contributed by atoms with Crippen LogP contribution in [0.5, 0.6) is 0 Å². The minimum atomic E-state index is 0.252. The monoisotopic (exact) mass is 172 g/mol. The lowest BCUT2D eigenvalue weighted by atomic mass is 10.2. The van der Waals surface area contributed by atoms with E-state index in [2.05, 4.69) is 13.8 Å². The maximum Gasteiger partial charge on any atom is 0.129 e. The Hall–Kier alpha value is -0.370. The van der Waals surface area contributed by atoms with Crippen LogP contribution in [0.15, 0.2) is 0 Å². The highest BCUT2D eigenvalue weighted by Crippen LogP contribution is 2.02. The number of hydrogen-bond acceptors (Lipinski definition) is 2. The summed E-state index contributed by atoms with van der Waals surface area (Å²) >= 11 is 0. The van der Waals surface area contributed by atoms with Crippen molar-refractivity contribution in [1.29, 1.82) is 0 Å². The van der Waals surface area contributed by atoms with Gasteiger partial charge in [0.2, 0.25) is 0 Å². The molecule has 0 aromatic rings. The Balaban J connectivity index is 3.13. The summed E-state index contributed by atoms with van der Waals surface area (Å²) in [4.78, 5) is 10.6. The van der Waals surface area contributed by atoms with Crippen molar-refractivity contribution >= 4 is 5.78 Å². The smallest absolute Gasteiger partial charge is 0.129 e. The molecule has 0 saturated carbocycles. The number of carbonyl (C=O) groups is 1. The van der Waals surface area contributed by atoms with Gasteiger partial charge < -0.3 is 9.53 Å². The first kappa shape index (κ1) is 11.6. The Morgan fingerprint density at radius 1 is 1.50 bits per heavy atom. The second-order valence-electron chi connectivity index (χ2n) is 3.28. The molecule has 12 heavy (non-hydrogen) atoms. The van der Waals surface area contributed by atoms with Gasteiger partial charge in [-0.1, -0.05) is 13.3 Å². The molecule has 0 heterocycles. The molecule has 0 aliphatic heterocycles. The van der Waals surface area contributed by atoms with E-state index in [1.807, 2.05) is 0 Å². The number of ketones is 1. The standard InChI is InChI=1S/C10H20O2/c1-4-6-10(3)12-8-5-7-9(2)11/h10H,4-8H2,1-3H3. The summed E-state index contributed by atoms with van der Waals surface area (Å²) in [7, 11) is 0. The molecule has 0 spiro atoms. The molecule has 1 atom stereocenters. The quantitative estimate of drug-likeness (QED) is 0.552. The molecule has 0 aromatic carbocycles. The van der Waals surface area contributed by atoms with E-state index < -0.39 is 0 Å². The highest BCUT2D eigenvalue weighted by atomic mass is 16.5. The van der Waals surface area contributed by atoms with Crippen LogP contribution in [0.4, 0.5) is 0 Å². The molecule has 0 radical (unpaired) electrons. The average molecular weight is 172 g/mol. The second-order valence-corrected chi connectivity index (χ2v) is 3.28. The SMILES string of the molecule is CCCC(C)OCCCC(C)=O. The van der Waals surface area contributed by atoms with Gasteiger partial charge in [0.05, 0.1) is 6.10 Å². The van der Waals surface area contributed by atoms with E-state index in [4.69, 9.17) is 4.74 Å². The van der Waals surface area contributed by atoms with Crippen LogP contribution in [-0.2, 0) is 9.53 Å². The van der Waals surface area contributed by atoms with Gasteiger partial charge in [-0.05, 0) is 26.7 Å². The predicted molar refractivity (Wildman–Crippen MR) is 50.2 cm³/mol. The van der Waals surface area contributed by atoms with Gasteiger partial charge in [-0.3, -0.25) is 0 Å². The highest BCUT2D eigenvalue weighted by molar-refractivity contribution is 5.75. The van der Waals surface area contributed by atoms with Crippen LogP contribution in [0.25, 0.3) is 0 Å². The molecule has 0 amide bonds. The first-order valence-corrected chi connectivity index (χ1v) is 4.77. The van der Waals surface area contributed by atoms with Crippen molar-refractivity contribution in [2.75, 3.05) is 6.61 Å². The number of Topliss-reactive ketones (excluding diaryl/α,β-unsaturated/α-hetero) is 1. The normalized spacial score (nSPS) is 12.9. The van der Waals surface area contributed by atoms with Crippen LogP contribution in [0.2, 0.25) is 0 Å². The lowest BCUT2D eigenvalue weighted by Crippen LogP contribution is -2.09. The minimum Gasteiger partial charge on any atom is -0.378 e. The summed E-state index contributed by atoms with van der Waals surface area (Å²) in [5.41, 5.74) is 0. The van der Waals surface area contributed by atoms with Crippen LogP contribution < -0.4 is 0 Å². The van der Waals surface area contributed by atoms with Crippen molar-refractivity contribution < 1.29 is 9.53 Å². The molecule has 1 unspecified atom stereocenters. The molecule has 0 saturated heterocycles. The van der Waals surface area contributed by atoms with E-state index in [-0.39, 0.29) is 5.78 Å². The summed E-state index contributed by atoms with van der Waals surface area (Å²) in [6.07, 6.45) is 4.14. The zero-order valence-corrected chi connectivity index (χ0v) is 8.43. The molecule has 0 rings (SSSR count). The molecule has 0 N–H and O–H groups in total.